The Balaban J connectivity index is 1.28. The average molecular weight is 534 g/mol. The van der Waals surface area contributed by atoms with E-state index in [2.05, 4.69) is 10.2 Å². The lowest BCUT2D eigenvalue weighted by atomic mass is 9.57. The number of aldehydes is 3. The van der Waals surface area contributed by atoms with E-state index in [1.165, 1.54) is 19.0 Å². The zero-order chi connectivity index (χ0) is 28.0. The standard InChI is InChI=1S/C30H35N3O6/c1-31-28(37)27(4-3-12-34)32(2)29(38)26-14-25(10-7-23(26)18-36)39-13-11-22-15-30(16-22)19-33(20-30)24-8-5-21(17-35)6-9-24/h5-10,12,14,17-18,22,27H,3-4,11,13,15-16,19-20H2,1-2H3,(H,31,37). The molecule has 1 aliphatic carbocycles. The summed E-state index contributed by atoms with van der Waals surface area (Å²) in [7, 11) is 2.96. The molecule has 1 spiro atoms. The fourth-order valence-electron chi connectivity index (χ4n) is 5.82. The molecule has 1 unspecified atom stereocenters. The highest BCUT2D eigenvalue weighted by Crippen LogP contribution is 2.53. The van der Waals surface area contributed by atoms with E-state index >= 15 is 0 Å². The summed E-state index contributed by atoms with van der Waals surface area (Å²) in [5.74, 6) is 0.205. The van der Waals surface area contributed by atoms with E-state index in [1.54, 1.807) is 18.2 Å². The van der Waals surface area contributed by atoms with E-state index < -0.39 is 11.9 Å². The number of carbonyl (C=O) groups is 5. The lowest BCUT2D eigenvalue weighted by Crippen LogP contribution is -2.62. The molecule has 9 nitrogen and oxygen atoms in total. The van der Waals surface area contributed by atoms with Crippen LogP contribution >= 0.6 is 0 Å². The number of nitrogens with zero attached hydrogens (tertiary/aromatic N) is 2. The van der Waals surface area contributed by atoms with Crippen LogP contribution in [0.2, 0.25) is 0 Å². The molecule has 2 aromatic carbocycles. The summed E-state index contributed by atoms with van der Waals surface area (Å²) < 4.78 is 5.96. The molecule has 39 heavy (non-hydrogen) atoms. The lowest BCUT2D eigenvalue weighted by molar-refractivity contribution is -0.125. The molecule has 0 bridgehead atoms. The predicted octanol–water partition coefficient (Wildman–Crippen LogP) is 3.16. The fraction of sp³-hybridized carbons (Fsp3) is 0.433. The topological polar surface area (TPSA) is 113 Å². The van der Waals surface area contributed by atoms with Crippen molar-refractivity contribution >= 4 is 36.4 Å². The SMILES string of the molecule is CNC(=O)C(CCC=O)N(C)C(=O)c1cc(OCCC2CC3(C2)CN(c2ccc(C=O)cc2)C3)ccc1C=O. The Morgan fingerprint density at radius 1 is 1.10 bits per heavy atom. The summed E-state index contributed by atoms with van der Waals surface area (Å²) in [5.41, 5.74) is 2.57. The third-order valence-corrected chi connectivity index (χ3v) is 7.96. The molecule has 4 rings (SSSR count). The van der Waals surface area contributed by atoms with Gasteiger partial charge in [-0.1, -0.05) is 0 Å². The van der Waals surface area contributed by atoms with Gasteiger partial charge in [0.1, 0.15) is 24.4 Å². The predicted molar refractivity (Wildman–Crippen MR) is 146 cm³/mol. The minimum absolute atomic E-state index is 0.133. The summed E-state index contributed by atoms with van der Waals surface area (Å²) in [5, 5.41) is 2.52. The second kappa shape index (κ2) is 12.2. The van der Waals surface area contributed by atoms with Crippen molar-refractivity contribution in [2.75, 3.05) is 38.7 Å². The van der Waals surface area contributed by atoms with Gasteiger partial charge in [0.05, 0.1) is 12.2 Å². The summed E-state index contributed by atoms with van der Waals surface area (Å²) >= 11 is 0. The van der Waals surface area contributed by atoms with Crippen LogP contribution in [0.1, 0.15) is 63.2 Å². The van der Waals surface area contributed by atoms with Crippen molar-refractivity contribution in [3.63, 3.8) is 0 Å². The number of ether oxygens (including phenoxy) is 1. The Morgan fingerprint density at radius 3 is 2.44 bits per heavy atom. The van der Waals surface area contributed by atoms with Crippen molar-refractivity contribution in [2.24, 2.45) is 11.3 Å². The highest BCUT2D eigenvalue weighted by molar-refractivity contribution is 6.03. The van der Waals surface area contributed by atoms with E-state index in [4.69, 9.17) is 4.74 Å². The zero-order valence-electron chi connectivity index (χ0n) is 22.4. The molecule has 1 saturated carbocycles. The Labute approximate surface area is 228 Å². The van der Waals surface area contributed by atoms with Crippen LogP contribution in [0, 0.1) is 11.3 Å². The molecule has 0 aromatic heterocycles. The second-order valence-electron chi connectivity index (χ2n) is 10.6. The first-order chi connectivity index (χ1) is 18.8. The molecule has 2 aromatic rings. The Bertz CT molecular complexity index is 1210. The van der Waals surface area contributed by atoms with Gasteiger partial charge in [-0.3, -0.25) is 19.2 Å². The first kappa shape index (κ1) is 28.0. The van der Waals surface area contributed by atoms with Crippen molar-refractivity contribution in [3.8, 4) is 5.75 Å². The van der Waals surface area contributed by atoms with Gasteiger partial charge in [-0.05, 0) is 74.1 Å². The third-order valence-electron chi connectivity index (χ3n) is 7.96. The van der Waals surface area contributed by atoms with Gasteiger partial charge in [0.15, 0.2) is 6.29 Å². The van der Waals surface area contributed by atoms with E-state index in [9.17, 15) is 24.0 Å². The van der Waals surface area contributed by atoms with Crippen molar-refractivity contribution in [1.82, 2.24) is 10.2 Å². The minimum Gasteiger partial charge on any atom is -0.494 e. The zero-order valence-corrected chi connectivity index (χ0v) is 22.4. The number of carbonyl (C=O) groups excluding carboxylic acids is 5. The van der Waals surface area contributed by atoms with Crippen LogP contribution in [0.15, 0.2) is 42.5 Å². The van der Waals surface area contributed by atoms with E-state index in [1.807, 2.05) is 24.3 Å². The van der Waals surface area contributed by atoms with Crippen LogP contribution < -0.4 is 15.0 Å². The first-order valence-electron chi connectivity index (χ1n) is 13.3. The molecular formula is C30H35N3O6. The van der Waals surface area contributed by atoms with Gasteiger partial charge >= 0.3 is 0 Å². The summed E-state index contributed by atoms with van der Waals surface area (Å²) in [6.45, 7) is 2.56. The quantitative estimate of drug-likeness (QED) is 0.394. The summed E-state index contributed by atoms with van der Waals surface area (Å²) in [6, 6.07) is 11.6. The summed E-state index contributed by atoms with van der Waals surface area (Å²) in [6.07, 6.45) is 5.70. The molecule has 2 aliphatic rings. The molecule has 2 fully saturated rings. The number of hydrogen-bond donors (Lipinski definition) is 1. The maximum absolute atomic E-state index is 13.2. The van der Waals surface area contributed by atoms with Gasteiger partial charge in [-0.25, -0.2) is 0 Å². The Morgan fingerprint density at radius 2 is 1.82 bits per heavy atom. The number of rotatable bonds is 13. The molecule has 1 saturated heterocycles. The third kappa shape index (κ3) is 6.19. The summed E-state index contributed by atoms with van der Waals surface area (Å²) in [4.78, 5) is 62.5. The van der Waals surface area contributed by atoms with Gasteiger partial charge in [0.2, 0.25) is 5.91 Å². The lowest BCUT2D eigenvalue weighted by Gasteiger charge is -2.60. The van der Waals surface area contributed by atoms with Gasteiger partial charge in [-0.2, -0.15) is 0 Å². The number of likely N-dealkylation sites (N-methyl/N-ethyl adjacent to an activating group) is 2. The van der Waals surface area contributed by atoms with Crippen LogP contribution in [0.3, 0.4) is 0 Å². The highest BCUT2D eigenvalue weighted by atomic mass is 16.5. The number of anilines is 1. The Kier molecular flexibility index (Phi) is 8.79. The molecule has 1 aliphatic heterocycles. The molecule has 0 radical (unpaired) electrons. The molecule has 2 amide bonds. The monoisotopic (exact) mass is 533 g/mol. The maximum Gasteiger partial charge on any atom is 0.255 e. The van der Waals surface area contributed by atoms with E-state index in [0.29, 0.717) is 41.8 Å². The molecule has 1 N–H and O–H groups in total. The van der Waals surface area contributed by atoms with E-state index in [-0.39, 0.29) is 29.9 Å². The Hall–Kier alpha value is -4.01. The van der Waals surface area contributed by atoms with Crippen LogP contribution in [0.5, 0.6) is 5.75 Å². The molecule has 206 valence electrons. The fourth-order valence-corrected chi connectivity index (χ4v) is 5.82. The van der Waals surface area contributed by atoms with Crippen molar-refractivity contribution in [3.05, 3.63) is 59.2 Å². The van der Waals surface area contributed by atoms with Gasteiger partial charge in [0, 0.05) is 55.8 Å². The van der Waals surface area contributed by atoms with E-state index in [0.717, 1.165) is 44.3 Å². The minimum atomic E-state index is -0.833. The van der Waals surface area contributed by atoms with Crippen molar-refractivity contribution in [1.29, 1.82) is 0 Å². The molecule has 1 heterocycles. The number of nitrogens with one attached hydrogen (secondary N) is 1. The van der Waals surface area contributed by atoms with Crippen molar-refractivity contribution < 1.29 is 28.7 Å². The van der Waals surface area contributed by atoms with Crippen LogP contribution in [-0.4, -0.2) is 75.4 Å². The second-order valence-corrected chi connectivity index (χ2v) is 10.6. The molecular weight excluding hydrogens is 498 g/mol. The normalized spacial score (nSPS) is 16.4. The van der Waals surface area contributed by atoms with Crippen molar-refractivity contribution in [2.45, 2.75) is 38.1 Å². The van der Waals surface area contributed by atoms with Crippen LogP contribution in [0.4, 0.5) is 5.69 Å². The number of hydrogen-bond acceptors (Lipinski definition) is 7. The maximum atomic E-state index is 13.2. The van der Waals surface area contributed by atoms with Gasteiger partial charge < -0.3 is 24.6 Å². The first-order valence-corrected chi connectivity index (χ1v) is 13.3. The largest absolute Gasteiger partial charge is 0.494 e. The van der Waals surface area contributed by atoms with Gasteiger partial charge in [0.25, 0.3) is 5.91 Å². The smallest absolute Gasteiger partial charge is 0.255 e. The number of amides is 2. The van der Waals surface area contributed by atoms with Crippen LogP contribution in [0.25, 0.3) is 0 Å². The molecule has 9 heteroatoms. The van der Waals surface area contributed by atoms with Crippen LogP contribution in [-0.2, 0) is 9.59 Å². The van der Waals surface area contributed by atoms with Gasteiger partial charge in [-0.15, -0.1) is 0 Å². The number of benzene rings is 2. The highest BCUT2D eigenvalue weighted by Gasteiger charge is 2.51. The average Bonchev–Trinajstić information content (AvgIpc) is 2.92. The molecule has 1 atom stereocenters.